The van der Waals surface area contributed by atoms with Crippen molar-refractivity contribution in [1.82, 2.24) is 14.3 Å². The molecule has 0 spiro atoms. The number of rotatable bonds is 5. The number of carbonyl (C=O) groups is 1. The van der Waals surface area contributed by atoms with E-state index in [-0.39, 0.29) is 39.1 Å². The summed E-state index contributed by atoms with van der Waals surface area (Å²) in [6, 6.07) is 7.99. The Labute approximate surface area is 228 Å². The maximum Gasteiger partial charge on any atom is 0.359 e. The zero-order valence-electron chi connectivity index (χ0n) is 21.8. The largest absolute Gasteiger partial charge is 0.506 e. The quantitative estimate of drug-likeness (QED) is 0.264. The van der Waals surface area contributed by atoms with Gasteiger partial charge in [0.2, 0.25) is 0 Å². The van der Waals surface area contributed by atoms with Crippen LogP contribution in [0.2, 0.25) is 0 Å². The SMILES string of the molecule is COC(=O)[SH]1CCCC(c2ccc3c(c2)S(=O)(=O)N=C(c2c(O)c4cccnc4n(CCC(C)C)c2=O)N3)N1. The fraction of sp³-hybridized carbons (Fsp3) is 0.385. The van der Waals surface area contributed by atoms with Gasteiger partial charge in [-0.3, -0.25) is 14.1 Å². The van der Waals surface area contributed by atoms with Crippen LogP contribution in [-0.4, -0.2) is 47.1 Å². The Kier molecular flexibility index (Phi) is 7.40. The molecule has 208 valence electrons. The smallest absolute Gasteiger partial charge is 0.359 e. The Balaban J connectivity index is 1.55. The van der Waals surface area contributed by atoms with Crippen LogP contribution in [0.25, 0.3) is 11.0 Å². The minimum absolute atomic E-state index is 0.0411. The number of amidine groups is 1. The van der Waals surface area contributed by atoms with E-state index in [9.17, 15) is 23.1 Å². The Morgan fingerprint density at radius 1 is 1.31 bits per heavy atom. The first-order chi connectivity index (χ1) is 18.6. The predicted molar refractivity (Wildman–Crippen MR) is 152 cm³/mol. The van der Waals surface area contributed by atoms with E-state index in [0.717, 1.165) is 12.8 Å². The highest BCUT2D eigenvalue weighted by atomic mass is 32.2. The van der Waals surface area contributed by atoms with Gasteiger partial charge >= 0.3 is 5.30 Å². The average Bonchev–Trinajstić information content (AvgIpc) is 2.92. The molecule has 11 nitrogen and oxygen atoms in total. The highest BCUT2D eigenvalue weighted by molar-refractivity contribution is 8.28. The second-order valence-corrected chi connectivity index (χ2v) is 13.5. The van der Waals surface area contributed by atoms with Crippen LogP contribution >= 0.6 is 11.1 Å². The van der Waals surface area contributed by atoms with Gasteiger partial charge in [0.1, 0.15) is 21.9 Å². The van der Waals surface area contributed by atoms with E-state index in [1.165, 1.54) is 23.9 Å². The summed E-state index contributed by atoms with van der Waals surface area (Å²) < 4.78 is 40.3. The number of sulfonamides is 1. The van der Waals surface area contributed by atoms with Gasteiger partial charge in [0.15, 0.2) is 5.84 Å². The van der Waals surface area contributed by atoms with Crippen molar-refractivity contribution in [3.05, 3.63) is 58.0 Å². The minimum Gasteiger partial charge on any atom is -0.506 e. The molecule has 2 atom stereocenters. The highest BCUT2D eigenvalue weighted by Crippen LogP contribution is 2.39. The summed E-state index contributed by atoms with van der Waals surface area (Å²) in [5, 5.41) is 14.1. The minimum atomic E-state index is -4.22. The third-order valence-electron chi connectivity index (χ3n) is 6.89. The molecule has 1 fully saturated rings. The first-order valence-electron chi connectivity index (χ1n) is 12.7. The van der Waals surface area contributed by atoms with Crippen molar-refractivity contribution in [2.45, 2.75) is 50.6 Å². The van der Waals surface area contributed by atoms with Crippen LogP contribution in [0.5, 0.6) is 5.75 Å². The number of pyridine rings is 2. The molecule has 2 aliphatic rings. The average molecular weight is 574 g/mol. The zero-order chi connectivity index (χ0) is 27.9. The van der Waals surface area contributed by atoms with Crippen LogP contribution in [0.4, 0.5) is 10.5 Å². The van der Waals surface area contributed by atoms with Gasteiger partial charge in [0.05, 0.1) is 18.2 Å². The van der Waals surface area contributed by atoms with E-state index in [0.29, 0.717) is 41.2 Å². The number of hydrogen-bond donors (Lipinski definition) is 4. The number of hydrogen-bond acceptors (Lipinski definition) is 9. The number of thiol groups is 1. The monoisotopic (exact) mass is 573 g/mol. The maximum atomic E-state index is 13.6. The predicted octanol–water partition coefficient (Wildman–Crippen LogP) is 3.82. The summed E-state index contributed by atoms with van der Waals surface area (Å²) in [6.07, 6.45) is 3.78. The molecule has 3 N–H and O–H groups in total. The van der Waals surface area contributed by atoms with Crippen molar-refractivity contribution in [3.8, 4) is 5.75 Å². The summed E-state index contributed by atoms with van der Waals surface area (Å²) in [5.41, 5.74) is 0.470. The van der Waals surface area contributed by atoms with Crippen molar-refractivity contribution < 1.29 is 23.1 Å². The van der Waals surface area contributed by atoms with Gasteiger partial charge in [0.25, 0.3) is 15.6 Å². The third kappa shape index (κ3) is 5.13. The number of anilines is 1. The molecule has 5 rings (SSSR count). The molecule has 39 heavy (non-hydrogen) atoms. The molecule has 0 aliphatic carbocycles. The van der Waals surface area contributed by atoms with E-state index in [2.05, 4.69) is 19.4 Å². The molecule has 2 unspecified atom stereocenters. The highest BCUT2D eigenvalue weighted by Gasteiger charge is 2.32. The van der Waals surface area contributed by atoms with E-state index in [1.807, 2.05) is 13.8 Å². The van der Waals surface area contributed by atoms with Crippen molar-refractivity contribution in [1.29, 1.82) is 0 Å². The van der Waals surface area contributed by atoms with Crippen LogP contribution in [0, 0.1) is 5.92 Å². The van der Waals surface area contributed by atoms with Gasteiger partial charge in [-0.05, 0) is 60.8 Å². The number of aromatic hydroxyl groups is 1. The molecule has 1 saturated heterocycles. The summed E-state index contributed by atoms with van der Waals surface area (Å²) in [6.45, 7) is 4.41. The van der Waals surface area contributed by atoms with Crippen molar-refractivity contribution >= 4 is 49.0 Å². The van der Waals surface area contributed by atoms with Crippen LogP contribution in [0.15, 0.2) is 50.6 Å². The Morgan fingerprint density at radius 2 is 2.10 bits per heavy atom. The van der Waals surface area contributed by atoms with Crippen molar-refractivity contribution in [3.63, 3.8) is 0 Å². The van der Waals surface area contributed by atoms with E-state index >= 15 is 0 Å². The lowest BCUT2D eigenvalue weighted by molar-refractivity contribution is 0.199. The Hall–Kier alpha value is -3.42. The van der Waals surface area contributed by atoms with E-state index in [1.54, 1.807) is 24.3 Å². The maximum absolute atomic E-state index is 13.6. The third-order valence-corrected chi connectivity index (χ3v) is 10.2. The molecular formula is C26H31N5O6S2. The van der Waals surface area contributed by atoms with Gasteiger partial charge in [-0.2, -0.15) is 8.42 Å². The second kappa shape index (κ2) is 10.6. The van der Waals surface area contributed by atoms with Gasteiger partial charge in [-0.1, -0.05) is 19.9 Å². The summed E-state index contributed by atoms with van der Waals surface area (Å²) in [5.74, 6) is 0.387. The second-order valence-electron chi connectivity index (χ2n) is 9.98. The van der Waals surface area contributed by atoms with Gasteiger partial charge < -0.3 is 15.2 Å². The molecule has 1 aromatic carbocycles. The normalized spacial score (nSPS) is 21.2. The lowest BCUT2D eigenvalue weighted by Gasteiger charge is -2.32. The summed E-state index contributed by atoms with van der Waals surface area (Å²) in [7, 11) is -2.87. The van der Waals surface area contributed by atoms with Crippen LogP contribution in [0.1, 0.15) is 50.3 Å². The first kappa shape index (κ1) is 27.2. The first-order valence-corrected chi connectivity index (χ1v) is 15.7. The number of aryl methyl sites for hydroxylation is 1. The Bertz CT molecular complexity index is 1650. The number of aromatic nitrogens is 2. The van der Waals surface area contributed by atoms with Crippen LogP contribution < -0.4 is 15.6 Å². The van der Waals surface area contributed by atoms with Gasteiger partial charge in [0, 0.05) is 18.8 Å². The number of nitrogens with zero attached hydrogens (tertiary/aromatic N) is 3. The number of methoxy groups -OCH3 is 1. The number of ether oxygens (including phenoxy) is 1. The number of fused-ring (bicyclic) bond motifs is 2. The molecule has 4 heterocycles. The lowest BCUT2D eigenvalue weighted by Crippen LogP contribution is -2.33. The molecule has 0 amide bonds. The Morgan fingerprint density at radius 3 is 2.85 bits per heavy atom. The molecular weight excluding hydrogens is 542 g/mol. The van der Waals surface area contributed by atoms with Gasteiger partial charge in [-0.15, -0.1) is 15.5 Å². The zero-order valence-corrected chi connectivity index (χ0v) is 23.6. The van der Waals surface area contributed by atoms with Crippen molar-refractivity contribution in [2.24, 2.45) is 10.3 Å². The number of benzene rings is 1. The standard InChI is InChI=1S/C26H31N5O6S2/c1-15(2)10-12-31-24-17(6-4-11-27-24)22(32)21(25(31)33)23-28-19-9-8-16(14-20(19)39(35,36)30-23)18-7-5-13-38(29-18)26(34)37-3/h4,6,8-9,11,14-15,18,29,32,38H,5,7,10,12-13H2,1-3H3,(H,28,30). The molecule has 2 aromatic heterocycles. The fourth-order valence-electron chi connectivity index (χ4n) is 4.84. The molecule has 0 radical (unpaired) electrons. The molecule has 0 bridgehead atoms. The van der Waals surface area contributed by atoms with Gasteiger partial charge in [-0.25, -0.2) is 9.78 Å². The number of nitrogens with one attached hydrogen (secondary N) is 2. The molecule has 0 saturated carbocycles. The lowest BCUT2D eigenvalue weighted by atomic mass is 10.0. The summed E-state index contributed by atoms with van der Waals surface area (Å²) in [4.78, 5) is 29.9. The molecule has 3 aromatic rings. The van der Waals surface area contributed by atoms with Crippen LogP contribution in [-0.2, 0) is 21.3 Å². The van der Waals surface area contributed by atoms with E-state index < -0.39 is 26.7 Å². The fourth-order valence-corrected chi connectivity index (χ4v) is 7.79. The molecule has 2 aliphatic heterocycles. The van der Waals surface area contributed by atoms with Crippen LogP contribution in [0.3, 0.4) is 0 Å². The topological polar surface area (TPSA) is 152 Å². The summed E-state index contributed by atoms with van der Waals surface area (Å²) >= 11 is -1.18. The van der Waals surface area contributed by atoms with Crippen molar-refractivity contribution in [2.75, 3.05) is 18.2 Å². The number of carbonyl (C=O) groups excluding carboxylic acids is 1. The van der Waals surface area contributed by atoms with E-state index in [4.69, 9.17) is 4.74 Å². The molecule has 13 heteroatoms.